The topological polar surface area (TPSA) is 72.9 Å². The summed E-state index contributed by atoms with van der Waals surface area (Å²) in [6.45, 7) is 5.51. The van der Waals surface area contributed by atoms with Crippen molar-refractivity contribution in [3.8, 4) is 0 Å². The molecule has 1 rings (SSSR count). The molecule has 0 aliphatic heterocycles. The number of nitrogens with two attached hydrogens (primary N) is 1. The van der Waals surface area contributed by atoms with Crippen molar-refractivity contribution in [2.24, 2.45) is 18.7 Å². The van der Waals surface area contributed by atoms with Crippen LogP contribution < -0.4 is 11.1 Å². The molecular formula is C10H18N4O. The highest BCUT2D eigenvalue weighted by Gasteiger charge is 2.18. The van der Waals surface area contributed by atoms with E-state index in [1.54, 1.807) is 11.7 Å². The summed E-state index contributed by atoms with van der Waals surface area (Å²) in [6, 6.07) is 1.67. The lowest BCUT2D eigenvalue weighted by Crippen LogP contribution is -2.34. The van der Waals surface area contributed by atoms with Gasteiger partial charge in [-0.1, -0.05) is 6.92 Å². The van der Waals surface area contributed by atoms with Crippen LogP contribution in [0.1, 0.15) is 19.5 Å². The van der Waals surface area contributed by atoms with Gasteiger partial charge in [0.1, 0.15) is 5.82 Å². The number of hydrogen-bond donors (Lipinski definition) is 2. The summed E-state index contributed by atoms with van der Waals surface area (Å²) in [5, 5.41) is 6.93. The number of aromatic nitrogens is 2. The number of nitrogens with one attached hydrogen (secondary N) is 1. The molecule has 2 unspecified atom stereocenters. The van der Waals surface area contributed by atoms with Gasteiger partial charge in [0.05, 0.1) is 11.6 Å². The number of hydrogen-bond acceptors (Lipinski definition) is 3. The standard InChI is InChI=1S/C10H18N4O/c1-6-5-9(14(4)13-6)12-10(15)7(2)8(3)11/h5,7-8H,11H2,1-4H3,(H,12,15). The van der Waals surface area contributed by atoms with Crippen LogP contribution in [0.4, 0.5) is 5.82 Å². The van der Waals surface area contributed by atoms with Gasteiger partial charge in [-0.2, -0.15) is 5.10 Å². The monoisotopic (exact) mass is 210 g/mol. The van der Waals surface area contributed by atoms with Gasteiger partial charge in [0.15, 0.2) is 0 Å². The molecule has 5 heteroatoms. The van der Waals surface area contributed by atoms with Crippen LogP contribution in [-0.2, 0) is 11.8 Å². The Morgan fingerprint density at radius 1 is 1.60 bits per heavy atom. The molecule has 0 saturated heterocycles. The molecule has 0 fully saturated rings. The summed E-state index contributed by atoms with van der Waals surface area (Å²) in [6.07, 6.45) is 0. The largest absolute Gasteiger partial charge is 0.327 e. The normalized spacial score (nSPS) is 14.7. The number of anilines is 1. The molecule has 84 valence electrons. The van der Waals surface area contributed by atoms with Gasteiger partial charge in [-0.15, -0.1) is 0 Å². The molecule has 0 spiro atoms. The summed E-state index contributed by atoms with van der Waals surface area (Å²) < 4.78 is 1.64. The lowest BCUT2D eigenvalue weighted by molar-refractivity contribution is -0.119. The van der Waals surface area contributed by atoms with E-state index in [9.17, 15) is 4.79 Å². The van der Waals surface area contributed by atoms with E-state index in [4.69, 9.17) is 5.73 Å². The summed E-state index contributed by atoms with van der Waals surface area (Å²) in [5.74, 6) is 0.415. The Kier molecular flexibility index (Phi) is 3.47. The average Bonchev–Trinajstić information content (AvgIpc) is 2.43. The second kappa shape index (κ2) is 4.44. The molecule has 0 aromatic carbocycles. The summed E-state index contributed by atoms with van der Waals surface area (Å²) >= 11 is 0. The highest BCUT2D eigenvalue weighted by atomic mass is 16.2. The first kappa shape index (κ1) is 11.7. The molecule has 5 nitrogen and oxygen atoms in total. The van der Waals surface area contributed by atoms with Crippen molar-refractivity contribution in [1.29, 1.82) is 0 Å². The van der Waals surface area contributed by atoms with Crippen molar-refractivity contribution in [2.75, 3.05) is 5.32 Å². The van der Waals surface area contributed by atoms with Crippen LogP contribution >= 0.6 is 0 Å². The predicted molar refractivity (Wildman–Crippen MR) is 59.4 cm³/mol. The van der Waals surface area contributed by atoms with Crippen molar-refractivity contribution < 1.29 is 4.79 Å². The van der Waals surface area contributed by atoms with Crippen LogP contribution in [0.3, 0.4) is 0 Å². The number of carbonyl (C=O) groups excluding carboxylic acids is 1. The van der Waals surface area contributed by atoms with Crippen LogP contribution in [0.2, 0.25) is 0 Å². The fourth-order valence-electron chi connectivity index (χ4n) is 1.21. The van der Waals surface area contributed by atoms with E-state index in [0.29, 0.717) is 5.82 Å². The first-order valence-electron chi connectivity index (χ1n) is 4.99. The fraction of sp³-hybridized carbons (Fsp3) is 0.600. The lowest BCUT2D eigenvalue weighted by atomic mass is 10.0. The summed E-state index contributed by atoms with van der Waals surface area (Å²) in [7, 11) is 1.79. The molecule has 3 N–H and O–H groups in total. The number of aryl methyl sites for hydroxylation is 2. The molecular weight excluding hydrogens is 192 g/mol. The van der Waals surface area contributed by atoms with Gasteiger partial charge in [-0.25, -0.2) is 0 Å². The Bertz CT molecular complexity index is 356. The van der Waals surface area contributed by atoms with Crippen LogP contribution in [0.5, 0.6) is 0 Å². The van der Waals surface area contributed by atoms with Gasteiger partial charge in [0.2, 0.25) is 5.91 Å². The molecule has 0 bridgehead atoms. The minimum Gasteiger partial charge on any atom is -0.327 e. The van der Waals surface area contributed by atoms with Gasteiger partial charge < -0.3 is 11.1 Å². The summed E-state index contributed by atoms with van der Waals surface area (Å²) in [4.78, 5) is 11.7. The van der Waals surface area contributed by atoms with Gasteiger partial charge in [-0.05, 0) is 13.8 Å². The zero-order chi connectivity index (χ0) is 11.6. The number of rotatable bonds is 3. The lowest BCUT2D eigenvalue weighted by Gasteiger charge is -2.14. The maximum Gasteiger partial charge on any atom is 0.229 e. The van der Waals surface area contributed by atoms with E-state index < -0.39 is 0 Å². The Labute approximate surface area is 89.6 Å². The maximum absolute atomic E-state index is 11.7. The van der Waals surface area contributed by atoms with Crippen LogP contribution in [0, 0.1) is 12.8 Å². The van der Waals surface area contributed by atoms with E-state index in [1.165, 1.54) is 0 Å². The van der Waals surface area contributed by atoms with Crippen LogP contribution in [-0.4, -0.2) is 21.7 Å². The third kappa shape index (κ3) is 2.79. The Morgan fingerprint density at radius 3 is 2.60 bits per heavy atom. The molecule has 15 heavy (non-hydrogen) atoms. The number of amides is 1. The highest BCUT2D eigenvalue weighted by Crippen LogP contribution is 2.10. The molecule has 0 aliphatic rings. The van der Waals surface area contributed by atoms with Crippen LogP contribution in [0.15, 0.2) is 6.07 Å². The van der Waals surface area contributed by atoms with Crippen molar-refractivity contribution in [3.05, 3.63) is 11.8 Å². The van der Waals surface area contributed by atoms with Gasteiger partial charge in [-0.3, -0.25) is 9.48 Å². The van der Waals surface area contributed by atoms with Gasteiger partial charge in [0, 0.05) is 19.2 Å². The van der Waals surface area contributed by atoms with Crippen molar-refractivity contribution in [1.82, 2.24) is 9.78 Å². The molecule has 0 radical (unpaired) electrons. The minimum absolute atomic E-state index is 0.0759. The second-order valence-electron chi connectivity index (χ2n) is 3.93. The maximum atomic E-state index is 11.7. The Hall–Kier alpha value is -1.36. The van der Waals surface area contributed by atoms with E-state index in [-0.39, 0.29) is 17.9 Å². The zero-order valence-electron chi connectivity index (χ0n) is 9.61. The number of nitrogens with zero attached hydrogens (tertiary/aromatic N) is 2. The Morgan fingerprint density at radius 2 is 2.20 bits per heavy atom. The van der Waals surface area contributed by atoms with E-state index in [1.807, 2.05) is 26.8 Å². The van der Waals surface area contributed by atoms with E-state index >= 15 is 0 Å². The molecule has 1 amide bonds. The predicted octanol–water partition coefficient (Wildman–Crippen LogP) is 0.650. The second-order valence-corrected chi connectivity index (χ2v) is 3.93. The third-order valence-corrected chi connectivity index (χ3v) is 2.46. The first-order chi connectivity index (χ1) is 6.91. The molecule has 1 heterocycles. The van der Waals surface area contributed by atoms with E-state index in [0.717, 1.165) is 5.69 Å². The molecule has 2 atom stereocenters. The zero-order valence-corrected chi connectivity index (χ0v) is 9.61. The molecule has 1 aromatic heterocycles. The smallest absolute Gasteiger partial charge is 0.229 e. The Balaban J connectivity index is 2.70. The molecule has 1 aromatic rings. The highest BCUT2D eigenvalue weighted by molar-refractivity contribution is 5.92. The quantitative estimate of drug-likeness (QED) is 0.769. The summed E-state index contributed by atoms with van der Waals surface area (Å²) in [5.41, 5.74) is 6.53. The van der Waals surface area contributed by atoms with Crippen molar-refractivity contribution in [2.45, 2.75) is 26.8 Å². The fourth-order valence-corrected chi connectivity index (χ4v) is 1.21. The molecule has 0 aliphatic carbocycles. The first-order valence-corrected chi connectivity index (χ1v) is 4.99. The van der Waals surface area contributed by atoms with Crippen molar-refractivity contribution >= 4 is 11.7 Å². The SMILES string of the molecule is Cc1cc(NC(=O)C(C)C(C)N)n(C)n1. The van der Waals surface area contributed by atoms with Crippen molar-refractivity contribution in [3.63, 3.8) is 0 Å². The number of carbonyl (C=O) groups is 1. The third-order valence-electron chi connectivity index (χ3n) is 2.46. The van der Waals surface area contributed by atoms with Crippen LogP contribution in [0.25, 0.3) is 0 Å². The van der Waals surface area contributed by atoms with Gasteiger partial charge in [0.25, 0.3) is 0 Å². The van der Waals surface area contributed by atoms with E-state index in [2.05, 4.69) is 10.4 Å². The van der Waals surface area contributed by atoms with Gasteiger partial charge >= 0.3 is 0 Å². The molecule has 0 saturated carbocycles. The minimum atomic E-state index is -0.208. The average molecular weight is 210 g/mol.